The molecule has 0 aliphatic carbocycles. The summed E-state index contributed by atoms with van der Waals surface area (Å²) in [5.74, 6) is 0.633. The van der Waals surface area contributed by atoms with Gasteiger partial charge in [-0.25, -0.2) is 4.98 Å². The molecule has 1 atom stereocenters. The topological polar surface area (TPSA) is 57.8 Å². The third kappa shape index (κ3) is 3.60. The molecule has 1 heterocycles. The Morgan fingerprint density at radius 3 is 2.56 bits per heavy atom. The molecule has 0 radical (unpaired) electrons. The summed E-state index contributed by atoms with van der Waals surface area (Å²) >= 11 is 0. The maximum absolute atomic E-state index is 12.8. The van der Waals surface area contributed by atoms with Gasteiger partial charge < -0.3 is 10.3 Å². The van der Waals surface area contributed by atoms with Crippen LogP contribution in [-0.2, 0) is 4.79 Å². The molecule has 4 aromatic rings. The molecule has 1 aromatic heterocycles. The molecule has 134 valence electrons. The van der Waals surface area contributed by atoms with Gasteiger partial charge in [0.05, 0.1) is 17.0 Å². The molecule has 0 fully saturated rings. The summed E-state index contributed by atoms with van der Waals surface area (Å²) in [6, 6.07) is 25.6. The highest BCUT2D eigenvalue weighted by molar-refractivity contribution is 5.96. The molecule has 4 heteroatoms. The lowest BCUT2D eigenvalue weighted by Crippen LogP contribution is -2.20. The summed E-state index contributed by atoms with van der Waals surface area (Å²) in [5, 5.41) is 3.05. The minimum absolute atomic E-state index is 0.00505. The van der Waals surface area contributed by atoms with Crippen LogP contribution in [0.15, 0.2) is 78.9 Å². The molecule has 0 aliphatic rings. The minimum atomic E-state index is -0.166. The van der Waals surface area contributed by atoms with Gasteiger partial charge in [0, 0.05) is 11.3 Å². The number of amides is 1. The number of nitrogens with one attached hydrogen (secondary N) is 2. The highest BCUT2D eigenvalue weighted by Gasteiger charge is 2.18. The molecule has 0 unspecified atom stereocenters. The molecular weight excluding hydrogens is 334 g/mol. The van der Waals surface area contributed by atoms with Gasteiger partial charge in [-0.3, -0.25) is 4.79 Å². The molecular formula is C23H21N3O. The number of fused-ring (bicyclic) bond motifs is 1. The SMILES string of the molecule is CC[C@H](C(=O)Nc1cccc(-c2nc3ccccc3[nH]2)c1)c1ccccc1. The predicted molar refractivity (Wildman–Crippen MR) is 110 cm³/mol. The summed E-state index contributed by atoms with van der Waals surface area (Å²) in [5.41, 5.74) is 4.67. The lowest BCUT2D eigenvalue weighted by Gasteiger charge is -2.15. The Balaban J connectivity index is 1.58. The van der Waals surface area contributed by atoms with Gasteiger partial charge in [-0.1, -0.05) is 61.5 Å². The predicted octanol–water partition coefficient (Wildman–Crippen LogP) is 5.36. The summed E-state index contributed by atoms with van der Waals surface area (Å²) in [7, 11) is 0. The second kappa shape index (κ2) is 7.46. The van der Waals surface area contributed by atoms with Crippen LogP contribution in [0.5, 0.6) is 0 Å². The molecule has 27 heavy (non-hydrogen) atoms. The average molecular weight is 355 g/mol. The second-order valence-electron chi connectivity index (χ2n) is 6.54. The second-order valence-corrected chi connectivity index (χ2v) is 6.54. The maximum Gasteiger partial charge on any atom is 0.231 e. The number of aromatic amines is 1. The fourth-order valence-corrected chi connectivity index (χ4v) is 3.32. The first kappa shape index (κ1) is 17.0. The zero-order valence-corrected chi connectivity index (χ0v) is 15.1. The summed E-state index contributed by atoms with van der Waals surface area (Å²) in [6.45, 7) is 2.03. The first-order chi connectivity index (χ1) is 13.2. The van der Waals surface area contributed by atoms with Crippen molar-refractivity contribution >= 4 is 22.6 Å². The van der Waals surface area contributed by atoms with Crippen molar-refractivity contribution in [3.63, 3.8) is 0 Å². The Morgan fingerprint density at radius 1 is 1.00 bits per heavy atom. The Morgan fingerprint density at radius 2 is 1.78 bits per heavy atom. The van der Waals surface area contributed by atoms with E-state index in [9.17, 15) is 4.79 Å². The molecule has 0 saturated carbocycles. The van der Waals surface area contributed by atoms with Gasteiger partial charge in [0.1, 0.15) is 5.82 Å². The number of carbonyl (C=O) groups excluding carboxylic acids is 1. The molecule has 4 rings (SSSR count). The number of H-pyrrole nitrogens is 1. The number of imidazole rings is 1. The van der Waals surface area contributed by atoms with Crippen molar-refractivity contribution < 1.29 is 4.79 Å². The van der Waals surface area contributed by atoms with Crippen LogP contribution >= 0.6 is 0 Å². The fourth-order valence-electron chi connectivity index (χ4n) is 3.32. The molecule has 0 bridgehead atoms. The number of nitrogens with zero attached hydrogens (tertiary/aromatic N) is 1. The van der Waals surface area contributed by atoms with E-state index in [2.05, 4.69) is 15.3 Å². The van der Waals surface area contributed by atoms with E-state index >= 15 is 0 Å². The number of rotatable bonds is 5. The van der Waals surface area contributed by atoms with Crippen LogP contribution < -0.4 is 5.32 Å². The summed E-state index contributed by atoms with van der Waals surface area (Å²) in [6.07, 6.45) is 0.749. The van der Waals surface area contributed by atoms with Crippen molar-refractivity contribution in [1.29, 1.82) is 0 Å². The van der Waals surface area contributed by atoms with E-state index in [-0.39, 0.29) is 11.8 Å². The summed E-state index contributed by atoms with van der Waals surface area (Å²) < 4.78 is 0. The van der Waals surface area contributed by atoms with Crippen molar-refractivity contribution in [3.05, 3.63) is 84.4 Å². The van der Waals surface area contributed by atoms with E-state index in [0.29, 0.717) is 0 Å². The highest BCUT2D eigenvalue weighted by Crippen LogP contribution is 2.25. The molecule has 0 spiro atoms. The zero-order chi connectivity index (χ0) is 18.6. The van der Waals surface area contributed by atoms with Crippen LogP contribution in [-0.4, -0.2) is 15.9 Å². The van der Waals surface area contributed by atoms with Gasteiger partial charge in [0.2, 0.25) is 5.91 Å². The van der Waals surface area contributed by atoms with Gasteiger partial charge in [-0.15, -0.1) is 0 Å². The number of benzene rings is 3. The van der Waals surface area contributed by atoms with Crippen molar-refractivity contribution in [3.8, 4) is 11.4 Å². The fraction of sp³-hybridized carbons (Fsp3) is 0.130. The standard InChI is InChI=1S/C23H21N3O/c1-2-19(16-9-4-3-5-10-16)23(27)24-18-12-8-11-17(15-18)22-25-20-13-6-7-14-21(20)26-22/h3-15,19H,2H2,1H3,(H,24,27)(H,25,26)/t19-/m0/s1. The van der Waals surface area contributed by atoms with E-state index in [4.69, 9.17) is 0 Å². The van der Waals surface area contributed by atoms with E-state index in [1.54, 1.807) is 0 Å². The number of aromatic nitrogens is 2. The lowest BCUT2D eigenvalue weighted by atomic mass is 9.95. The Bertz CT molecular complexity index is 1040. The van der Waals surface area contributed by atoms with E-state index in [1.807, 2.05) is 85.8 Å². The number of hydrogen-bond donors (Lipinski definition) is 2. The van der Waals surface area contributed by atoms with E-state index < -0.39 is 0 Å². The van der Waals surface area contributed by atoms with Crippen LogP contribution in [0.1, 0.15) is 24.8 Å². The average Bonchev–Trinajstić information content (AvgIpc) is 3.14. The van der Waals surface area contributed by atoms with Crippen molar-refractivity contribution in [2.75, 3.05) is 5.32 Å². The monoisotopic (exact) mass is 355 g/mol. The third-order valence-corrected chi connectivity index (χ3v) is 4.72. The van der Waals surface area contributed by atoms with Gasteiger partial charge in [0.15, 0.2) is 0 Å². The van der Waals surface area contributed by atoms with Crippen LogP contribution in [0.25, 0.3) is 22.4 Å². The normalized spacial score (nSPS) is 12.0. The molecule has 0 aliphatic heterocycles. The van der Waals surface area contributed by atoms with Crippen LogP contribution in [0.3, 0.4) is 0 Å². The molecule has 4 nitrogen and oxygen atoms in total. The maximum atomic E-state index is 12.8. The van der Waals surface area contributed by atoms with Crippen LogP contribution in [0.4, 0.5) is 5.69 Å². The smallest absolute Gasteiger partial charge is 0.231 e. The molecule has 1 amide bonds. The van der Waals surface area contributed by atoms with Crippen molar-refractivity contribution in [1.82, 2.24) is 9.97 Å². The Kier molecular flexibility index (Phi) is 4.71. The minimum Gasteiger partial charge on any atom is -0.338 e. The van der Waals surface area contributed by atoms with Crippen LogP contribution in [0, 0.1) is 0 Å². The van der Waals surface area contributed by atoms with Crippen molar-refractivity contribution in [2.24, 2.45) is 0 Å². The van der Waals surface area contributed by atoms with Gasteiger partial charge >= 0.3 is 0 Å². The van der Waals surface area contributed by atoms with Crippen LogP contribution in [0.2, 0.25) is 0 Å². The number of anilines is 1. The summed E-state index contributed by atoms with van der Waals surface area (Å²) in [4.78, 5) is 20.8. The zero-order valence-electron chi connectivity index (χ0n) is 15.1. The third-order valence-electron chi connectivity index (χ3n) is 4.72. The molecule has 0 saturated heterocycles. The molecule has 3 aromatic carbocycles. The van der Waals surface area contributed by atoms with Gasteiger partial charge in [0.25, 0.3) is 0 Å². The first-order valence-corrected chi connectivity index (χ1v) is 9.15. The number of hydrogen-bond acceptors (Lipinski definition) is 2. The first-order valence-electron chi connectivity index (χ1n) is 9.15. The largest absolute Gasteiger partial charge is 0.338 e. The Hall–Kier alpha value is -3.40. The Labute approximate surface area is 158 Å². The lowest BCUT2D eigenvalue weighted by molar-refractivity contribution is -0.117. The van der Waals surface area contributed by atoms with Gasteiger partial charge in [-0.2, -0.15) is 0 Å². The number of carbonyl (C=O) groups is 1. The van der Waals surface area contributed by atoms with E-state index in [0.717, 1.165) is 40.1 Å². The van der Waals surface area contributed by atoms with Crippen molar-refractivity contribution in [2.45, 2.75) is 19.3 Å². The van der Waals surface area contributed by atoms with Gasteiger partial charge in [-0.05, 0) is 36.2 Å². The van der Waals surface area contributed by atoms with E-state index in [1.165, 1.54) is 0 Å². The molecule has 2 N–H and O–H groups in total. The highest BCUT2D eigenvalue weighted by atomic mass is 16.1. The number of para-hydroxylation sites is 2. The quantitative estimate of drug-likeness (QED) is 0.506.